The maximum atomic E-state index is 13.5. The second kappa shape index (κ2) is 7.45. The first-order valence-electron chi connectivity index (χ1n) is 10.0. The monoisotopic (exact) mass is 461 g/mol. The average Bonchev–Trinajstić information content (AvgIpc) is 2.66. The number of nitrogens with zero attached hydrogens (tertiary/aromatic N) is 2. The van der Waals surface area contributed by atoms with Crippen LogP contribution in [0.25, 0.3) is 0 Å². The van der Waals surface area contributed by atoms with Gasteiger partial charge in [0.25, 0.3) is 0 Å². The highest BCUT2D eigenvalue weighted by Crippen LogP contribution is 2.50. The van der Waals surface area contributed by atoms with Crippen LogP contribution in [0.3, 0.4) is 0 Å². The molecule has 0 aromatic heterocycles. The Morgan fingerprint density at radius 1 is 1.17 bits per heavy atom. The number of hydrogen-bond acceptors (Lipinski definition) is 4. The second-order valence-electron chi connectivity index (χ2n) is 8.82. The largest absolute Gasteiger partial charge is 0.384 e. The SMILES string of the molecule is Cc1ccccc1[C@@H]1C(C#N)=C(N)N(c2cccc(Br)c2)C2=C1C(=O)CC(C)(C)C2. The molecule has 1 heterocycles. The quantitative estimate of drug-likeness (QED) is 0.622. The van der Waals surface area contributed by atoms with Crippen LogP contribution >= 0.6 is 15.9 Å². The van der Waals surface area contributed by atoms with Crippen LogP contribution in [0, 0.1) is 23.7 Å². The lowest BCUT2D eigenvalue weighted by molar-refractivity contribution is -0.118. The van der Waals surface area contributed by atoms with Gasteiger partial charge in [0.15, 0.2) is 5.78 Å². The fourth-order valence-corrected chi connectivity index (χ4v) is 5.03. The minimum atomic E-state index is -0.432. The van der Waals surface area contributed by atoms with Gasteiger partial charge < -0.3 is 5.73 Å². The third-order valence-corrected chi connectivity index (χ3v) is 6.44. The van der Waals surface area contributed by atoms with Gasteiger partial charge in [0.05, 0.1) is 17.6 Å². The van der Waals surface area contributed by atoms with Crippen LogP contribution in [-0.4, -0.2) is 5.78 Å². The summed E-state index contributed by atoms with van der Waals surface area (Å²) in [7, 11) is 0. The van der Waals surface area contributed by atoms with E-state index in [-0.39, 0.29) is 11.2 Å². The summed E-state index contributed by atoms with van der Waals surface area (Å²) in [6.07, 6.45) is 1.17. The highest BCUT2D eigenvalue weighted by atomic mass is 79.9. The molecule has 1 aliphatic heterocycles. The van der Waals surface area contributed by atoms with Crippen molar-refractivity contribution < 1.29 is 4.79 Å². The van der Waals surface area contributed by atoms with Gasteiger partial charge in [0.2, 0.25) is 0 Å². The van der Waals surface area contributed by atoms with Crippen molar-refractivity contribution in [3.05, 3.63) is 86.8 Å². The maximum Gasteiger partial charge on any atom is 0.162 e. The molecule has 5 heteroatoms. The molecule has 0 unspecified atom stereocenters. The highest BCUT2D eigenvalue weighted by molar-refractivity contribution is 9.10. The fraction of sp³-hybridized carbons (Fsp3) is 0.280. The number of hydrogen-bond donors (Lipinski definition) is 1. The molecule has 2 aromatic carbocycles. The molecule has 30 heavy (non-hydrogen) atoms. The summed E-state index contributed by atoms with van der Waals surface area (Å²) >= 11 is 3.53. The number of allylic oxidation sites excluding steroid dienone is 3. The molecule has 0 amide bonds. The van der Waals surface area contributed by atoms with Crippen LogP contribution in [0.5, 0.6) is 0 Å². The molecule has 2 aromatic rings. The Balaban J connectivity index is 2.03. The van der Waals surface area contributed by atoms with Crippen LogP contribution in [0.2, 0.25) is 0 Å². The van der Waals surface area contributed by atoms with Crippen molar-refractivity contribution in [2.24, 2.45) is 11.1 Å². The summed E-state index contributed by atoms with van der Waals surface area (Å²) in [5.74, 6) is 0.0565. The van der Waals surface area contributed by atoms with Gasteiger partial charge in [-0.3, -0.25) is 9.69 Å². The molecule has 1 atom stereocenters. The first kappa shape index (κ1) is 20.4. The molecule has 0 spiro atoms. The van der Waals surface area contributed by atoms with Crippen LogP contribution in [0.4, 0.5) is 5.69 Å². The van der Waals surface area contributed by atoms with E-state index in [0.29, 0.717) is 29.8 Å². The van der Waals surface area contributed by atoms with Crippen molar-refractivity contribution in [3.8, 4) is 6.07 Å². The molecule has 152 valence electrons. The summed E-state index contributed by atoms with van der Waals surface area (Å²) in [5.41, 5.74) is 11.4. The molecule has 0 saturated carbocycles. The second-order valence-corrected chi connectivity index (χ2v) is 9.73. The number of benzene rings is 2. The Morgan fingerprint density at radius 2 is 1.90 bits per heavy atom. The molecule has 4 nitrogen and oxygen atoms in total. The highest BCUT2D eigenvalue weighted by Gasteiger charge is 2.44. The topological polar surface area (TPSA) is 70.1 Å². The van der Waals surface area contributed by atoms with Gasteiger partial charge in [0, 0.05) is 27.9 Å². The minimum Gasteiger partial charge on any atom is -0.384 e. The molecule has 0 saturated heterocycles. The van der Waals surface area contributed by atoms with E-state index in [2.05, 4.69) is 35.8 Å². The molecule has 1 aliphatic carbocycles. The Kier molecular flexibility index (Phi) is 5.07. The number of aryl methyl sites for hydroxylation is 1. The lowest BCUT2D eigenvalue weighted by Crippen LogP contribution is -2.42. The zero-order chi connectivity index (χ0) is 21.6. The lowest BCUT2D eigenvalue weighted by Gasteiger charge is -2.44. The van der Waals surface area contributed by atoms with Gasteiger partial charge in [-0.15, -0.1) is 0 Å². The summed E-state index contributed by atoms with van der Waals surface area (Å²) < 4.78 is 0.913. The Morgan fingerprint density at radius 3 is 2.57 bits per heavy atom. The van der Waals surface area contributed by atoms with E-state index in [1.807, 2.05) is 60.4 Å². The summed E-state index contributed by atoms with van der Waals surface area (Å²) in [6, 6.07) is 18.1. The Labute approximate surface area is 185 Å². The van der Waals surface area contributed by atoms with Crippen LogP contribution in [0.15, 0.2) is 75.7 Å². The fourth-order valence-electron chi connectivity index (χ4n) is 4.64. The lowest BCUT2D eigenvalue weighted by atomic mass is 9.68. The molecular weight excluding hydrogens is 438 g/mol. The van der Waals surface area contributed by atoms with Crippen LogP contribution in [-0.2, 0) is 4.79 Å². The van der Waals surface area contributed by atoms with Crippen molar-refractivity contribution in [1.29, 1.82) is 5.26 Å². The molecule has 2 N–H and O–H groups in total. The number of ketones is 1. The van der Waals surface area contributed by atoms with Gasteiger partial charge in [-0.1, -0.05) is 60.1 Å². The van der Waals surface area contributed by atoms with Gasteiger partial charge in [0.1, 0.15) is 5.82 Å². The van der Waals surface area contributed by atoms with E-state index in [0.717, 1.165) is 27.0 Å². The average molecular weight is 462 g/mol. The van der Waals surface area contributed by atoms with Gasteiger partial charge in [-0.05, 0) is 48.1 Å². The van der Waals surface area contributed by atoms with Crippen molar-refractivity contribution >= 4 is 27.4 Å². The zero-order valence-electron chi connectivity index (χ0n) is 17.4. The smallest absolute Gasteiger partial charge is 0.162 e. The third-order valence-electron chi connectivity index (χ3n) is 5.95. The number of anilines is 1. The van der Waals surface area contributed by atoms with E-state index in [1.165, 1.54) is 0 Å². The van der Waals surface area contributed by atoms with Gasteiger partial charge in [-0.25, -0.2) is 0 Å². The predicted octanol–water partition coefficient (Wildman–Crippen LogP) is 5.70. The van der Waals surface area contributed by atoms with Crippen molar-refractivity contribution in [2.75, 3.05) is 4.90 Å². The van der Waals surface area contributed by atoms with E-state index < -0.39 is 5.92 Å². The number of halogens is 1. The molecular formula is C25H24BrN3O. The zero-order valence-corrected chi connectivity index (χ0v) is 19.0. The number of carbonyl (C=O) groups excluding carboxylic acids is 1. The van der Waals surface area contributed by atoms with Crippen molar-refractivity contribution in [1.82, 2.24) is 0 Å². The van der Waals surface area contributed by atoms with E-state index >= 15 is 0 Å². The van der Waals surface area contributed by atoms with E-state index in [4.69, 9.17) is 5.73 Å². The van der Waals surface area contributed by atoms with Crippen molar-refractivity contribution in [2.45, 2.75) is 39.5 Å². The number of rotatable bonds is 2. The van der Waals surface area contributed by atoms with Gasteiger partial charge >= 0.3 is 0 Å². The van der Waals surface area contributed by atoms with Crippen LogP contribution < -0.4 is 10.6 Å². The molecule has 4 rings (SSSR count). The standard InChI is InChI=1S/C25H24BrN3O/c1-15-7-4-5-10-18(15)22-19(14-27)24(28)29(17-9-6-8-16(26)11-17)20-12-25(2,3)13-21(30)23(20)22/h4-11,22H,12-13,28H2,1-3H3/t22-/m1/s1. The maximum absolute atomic E-state index is 13.5. The normalized spacial score (nSPS) is 20.8. The molecule has 0 radical (unpaired) electrons. The Bertz CT molecular complexity index is 1150. The molecule has 0 bridgehead atoms. The summed E-state index contributed by atoms with van der Waals surface area (Å²) in [6.45, 7) is 6.23. The number of nitrogens with two attached hydrogens (primary N) is 1. The van der Waals surface area contributed by atoms with Crippen LogP contribution in [0.1, 0.15) is 43.7 Å². The van der Waals surface area contributed by atoms with E-state index in [9.17, 15) is 10.1 Å². The molecule has 0 fully saturated rings. The first-order valence-corrected chi connectivity index (χ1v) is 10.8. The number of nitriles is 1. The van der Waals surface area contributed by atoms with Gasteiger partial charge in [-0.2, -0.15) is 5.26 Å². The Hall–Kier alpha value is -2.84. The number of Topliss-reactive ketones (excluding diaryl/α,β-unsaturated/α-hetero) is 1. The third kappa shape index (κ3) is 3.36. The van der Waals surface area contributed by atoms with E-state index in [1.54, 1.807) is 0 Å². The number of carbonyl (C=O) groups is 1. The van der Waals surface area contributed by atoms with Crippen molar-refractivity contribution in [3.63, 3.8) is 0 Å². The summed E-state index contributed by atoms with van der Waals surface area (Å²) in [4.78, 5) is 15.4. The molecule has 2 aliphatic rings. The minimum absolute atomic E-state index is 0.0924. The predicted molar refractivity (Wildman–Crippen MR) is 122 cm³/mol. The summed E-state index contributed by atoms with van der Waals surface area (Å²) in [5, 5.41) is 10.1. The first-order chi connectivity index (χ1) is 14.2.